The Labute approximate surface area is 187 Å². The number of morpholine rings is 1. The third-order valence-corrected chi connectivity index (χ3v) is 6.95. The molecule has 0 spiro atoms. The molecule has 0 aliphatic carbocycles. The number of amides is 1. The summed E-state index contributed by atoms with van der Waals surface area (Å²) in [6, 6.07) is 17.5. The van der Waals surface area contributed by atoms with Gasteiger partial charge in [0.1, 0.15) is 10.8 Å². The van der Waals surface area contributed by atoms with Crippen molar-refractivity contribution >= 4 is 22.2 Å². The number of nitrogens with zero attached hydrogens (tertiary/aromatic N) is 1. The van der Waals surface area contributed by atoms with E-state index in [1.807, 2.05) is 48.5 Å². The summed E-state index contributed by atoms with van der Waals surface area (Å²) in [6.45, 7) is 7.29. The van der Waals surface area contributed by atoms with Crippen molar-refractivity contribution in [2.24, 2.45) is 0 Å². The lowest BCUT2D eigenvalue weighted by atomic mass is 9.93. The predicted molar refractivity (Wildman–Crippen MR) is 125 cm³/mol. The summed E-state index contributed by atoms with van der Waals surface area (Å²) in [6.07, 6.45) is 0. The number of hydrogen-bond donors (Lipinski definition) is 1. The van der Waals surface area contributed by atoms with Crippen molar-refractivity contribution in [3.63, 3.8) is 0 Å². The van der Waals surface area contributed by atoms with Crippen molar-refractivity contribution in [3.05, 3.63) is 81.7 Å². The Kier molecular flexibility index (Phi) is 6.70. The number of nitrogens with one attached hydrogen (secondary N) is 1. The van der Waals surface area contributed by atoms with Gasteiger partial charge in [-0.25, -0.2) is 0 Å². The zero-order valence-electron chi connectivity index (χ0n) is 18.2. The van der Waals surface area contributed by atoms with E-state index in [-0.39, 0.29) is 11.9 Å². The molecule has 2 heterocycles. The summed E-state index contributed by atoms with van der Waals surface area (Å²) in [5.74, 6) is 0.756. The standard InChI is InChI=1S/C25H28N2O3S/c1-17-18(2)31-25(26-24(28)19-9-5-4-6-10-19)22(17)23(27-13-15-30-16-14-27)20-11-7-8-12-21(20)29-3/h4-12,23H,13-16H2,1-3H3,(H,26,28)/t23-/m0/s1. The van der Waals surface area contributed by atoms with E-state index < -0.39 is 0 Å². The summed E-state index contributed by atoms with van der Waals surface area (Å²) in [7, 11) is 1.71. The Hall–Kier alpha value is -2.67. The SMILES string of the molecule is COc1ccccc1[C@@H](c1c(NC(=O)c2ccccc2)sc(C)c1C)N1CCOCC1. The number of benzene rings is 2. The third kappa shape index (κ3) is 4.51. The van der Waals surface area contributed by atoms with Gasteiger partial charge < -0.3 is 14.8 Å². The van der Waals surface area contributed by atoms with E-state index in [0.717, 1.165) is 35.0 Å². The molecule has 4 rings (SSSR count). The normalized spacial score (nSPS) is 15.5. The van der Waals surface area contributed by atoms with Crippen LogP contribution < -0.4 is 10.1 Å². The number of carbonyl (C=O) groups excluding carboxylic acids is 1. The Balaban J connectivity index is 1.80. The van der Waals surface area contributed by atoms with Gasteiger partial charge in [-0.1, -0.05) is 36.4 Å². The highest BCUT2D eigenvalue weighted by atomic mass is 32.1. The molecule has 0 unspecified atom stereocenters. The molecule has 1 fully saturated rings. The van der Waals surface area contributed by atoms with Gasteiger partial charge in [0.25, 0.3) is 5.91 Å². The quantitative estimate of drug-likeness (QED) is 0.588. The molecule has 1 amide bonds. The topological polar surface area (TPSA) is 50.8 Å². The molecular weight excluding hydrogens is 408 g/mol. The highest BCUT2D eigenvalue weighted by molar-refractivity contribution is 7.16. The molecule has 1 atom stereocenters. The smallest absolute Gasteiger partial charge is 0.256 e. The monoisotopic (exact) mass is 436 g/mol. The van der Waals surface area contributed by atoms with Crippen LogP contribution in [0.4, 0.5) is 5.00 Å². The minimum Gasteiger partial charge on any atom is -0.496 e. The lowest BCUT2D eigenvalue weighted by Gasteiger charge is -2.36. The number of thiophene rings is 1. The van der Waals surface area contributed by atoms with Crippen LogP contribution in [0, 0.1) is 13.8 Å². The van der Waals surface area contributed by atoms with Crippen LogP contribution >= 0.6 is 11.3 Å². The first-order valence-corrected chi connectivity index (χ1v) is 11.3. The Morgan fingerprint density at radius 1 is 1.06 bits per heavy atom. The van der Waals surface area contributed by atoms with E-state index in [0.29, 0.717) is 18.8 Å². The second-order valence-electron chi connectivity index (χ2n) is 7.64. The minimum absolute atomic E-state index is 0.0314. The molecule has 3 aromatic rings. The second-order valence-corrected chi connectivity index (χ2v) is 8.86. The first kappa shape index (κ1) is 21.6. The van der Waals surface area contributed by atoms with Gasteiger partial charge in [0, 0.05) is 34.7 Å². The molecule has 0 saturated carbocycles. The molecule has 6 heteroatoms. The average molecular weight is 437 g/mol. The van der Waals surface area contributed by atoms with Crippen molar-refractivity contribution in [3.8, 4) is 5.75 Å². The molecule has 1 aliphatic heterocycles. The highest BCUT2D eigenvalue weighted by Crippen LogP contribution is 2.44. The van der Waals surface area contributed by atoms with Gasteiger partial charge in [0.15, 0.2) is 0 Å². The van der Waals surface area contributed by atoms with Crippen LogP contribution in [0.25, 0.3) is 0 Å². The van der Waals surface area contributed by atoms with E-state index in [9.17, 15) is 4.79 Å². The third-order valence-electron chi connectivity index (χ3n) is 5.81. The molecular formula is C25H28N2O3S. The van der Waals surface area contributed by atoms with Crippen molar-refractivity contribution in [1.82, 2.24) is 4.90 Å². The number of methoxy groups -OCH3 is 1. The van der Waals surface area contributed by atoms with Gasteiger partial charge >= 0.3 is 0 Å². The lowest BCUT2D eigenvalue weighted by Crippen LogP contribution is -2.40. The van der Waals surface area contributed by atoms with Crippen LogP contribution in [-0.2, 0) is 4.74 Å². The number of ether oxygens (including phenoxy) is 2. The fourth-order valence-corrected chi connectivity index (χ4v) is 5.18. The fourth-order valence-electron chi connectivity index (χ4n) is 4.09. The van der Waals surface area contributed by atoms with Gasteiger partial charge in [-0.15, -0.1) is 11.3 Å². The molecule has 1 N–H and O–H groups in total. The van der Waals surface area contributed by atoms with Gasteiger partial charge in [-0.3, -0.25) is 9.69 Å². The van der Waals surface area contributed by atoms with Crippen molar-refractivity contribution < 1.29 is 14.3 Å². The molecule has 1 aliphatic rings. The molecule has 5 nitrogen and oxygen atoms in total. The predicted octanol–water partition coefficient (Wildman–Crippen LogP) is 5.05. The van der Waals surface area contributed by atoms with Crippen molar-refractivity contribution in [1.29, 1.82) is 0 Å². The molecule has 0 radical (unpaired) electrons. The zero-order chi connectivity index (χ0) is 21.8. The maximum Gasteiger partial charge on any atom is 0.256 e. The minimum atomic E-state index is -0.0937. The van der Waals surface area contributed by atoms with E-state index in [1.165, 1.54) is 10.4 Å². The molecule has 162 valence electrons. The van der Waals surface area contributed by atoms with Crippen LogP contribution in [-0.4, -0.2) is 44.2 Å². The molecule has 31 heavy (non-hydrogen) atoms. The van der Waals surface area contributed by atoms with Crippen LogP contribution in [0.2, 0.25) is 0 Å². The molecule has 1 saturated heterocycles. The maximum absolute atomic E-state index is 13.0. The Bertz CT molecular complexity index is 1040. The summed E-state index contributed by atoms with van der Waals surface area (Å²) in [4.78, 5) is 16.6. The van der Waals surface area contributed by atoms with Gasteiger partial charge in [-0.05, 0) is 37.6 Å². The number of carbonyl (C=O) groups is 1. The van der Waals surface area contributed by atoms with Crippen LogP contribution in [0.3, 0.4) is 0 Å². The number of aryl methyl sites for hydroxylation is 1. The molecule has 1 aromatic heterocycles. The van der Waals surface area contributed by atoms with Crippen molar-refractivity contribution in [2.45, 2.75) is 19.9 Å². The Morgan fingerprint density at radius 2 is 1.74 bits per heavy atom. The zero-order valence-corrected chi connectivity index (χ0v) is 19.0. The van der Waals surface area contributed by atoms with E-state index in [4.69, 9.17) is 9.47 Å². The summed E-state index contributed by atoms with van der Waals surface area (Å²) in [5.41, 5.74) is 4.09. The highest BCUT2D eigenvalue weighted by Gasteiger charge is 2.32. The molecule has 2 aromatic carbocycles. The summed E-state index contributed by atoms with van der Waals surface area (Å²) >= 11 is 1.63. The first-order valence-electron chi connectivity index (χ1n) is 10.5. The number of rotatable bonds is 6. The van der Waals surface area contributed by atoms with Gasteiger partial charge in [0.2, 0.25) is 0 Å². The number of para-hydroxylation sites is 1. The van der Waals surface area contributed by atoms with Gasteiger partial charge in [-0.2, -0.15) is 0 Å². The summed E-state index contributed by atoms with van der Waals surface area (Å²) < 4.78 is 11.4. The van der Waals surface area contributed by atoms with Crippen molar-refractivity contribution in [2.75, 3.05) is 38.7 Å². The Morgan fingerprint density at radius 3 is 2.45 bits per heavy atom. The summed E-state index contributed by atoms with van der Waals surface area (Å²) in [5, 5.41) is 4.09. The largest absolute Gasteiger partial charge is 0.496 e. The number of hydrogen-bond acceptors (Lipinski definition) is 5. The van der Waals surface area contributed by atoms with E-state index >= 15 is 0 Å². The number of anilines is 1. The average Bonchev–Trinajstić information content (AvgIpc) is 3.09. The van der Waals surface area contributed by atoms with E-state index in [2.05, 4.69) is 30.1 Å². The fraction of sp³-hybridized carbons (Fsp3) is 0.320. The van der Waals surface area contributed by atoms with E-state index in [1.54, 1.807) is 18.4 Å². The van der Waals surface area contributed by atoms with Crippen LogP contribution in [0.1, 0.15) is 38.0 Å². The second kappa shape index (κ2) is 9.64. The van der Waals surface area contributed by atoms with Crippen LogP contribution in [0.5, 0.6) is 5.75 Å². The maximum atomic E-state index is 13.0. The van der Waals surface area contributed by atoms with Gasteiger partial charge in [0.05, 0.1) is 26.4 Å². The first-order chi connectivity index (χ1) is 15.1. The lowest BCUT2D eigenvalue weighted by molar-refractivity contribution is 0.0236. The molecule has 0 bridgehead atoms. The van der Waals surface area contributed by atoms with Crippen LogP contribution in [0.15, 0.2) is 54.6 Å².